The highest BCUT2D eigenvalue weighted by molar-refractivity contribution is 5.65. The lowest BCUT2D eigenvalue weighted by molar-refractivity contribution is 0.140. The number of hydrogen-bond acceptors (Lipinski definition) is 3. The molecule has 2 aromatic rings. The molecule has 1 heterocycles. The molecule has 1 aliphatic heterocycles. The van der Waals surface area contributed by atoms with E-state index in [4.69, 9.17) is 15.1 Å². The molecule has 1 aliphatic rings. The highest BCUT2D eigenvalue weighted by atomic mass is 16.5. The highest BCUT2D eigenvalue weighted by Gasteiger charge is 2.20. The minimum Gasteiger partial charge on any atom is -0.489 e. The van der Waals surface area contributed by atoms with Crippen molar-refractivity contribution in [2.45, 2.75) is 19.6 Å². The zero-order valence-electron chi connectivity index (χ0n) is 12.5. The monoisotopic (exact) mass is 308 g/mol. The Bertz CT molecular complexity index is 763. The van der Waals surface area contributed by atoms with Crippen LogP contribution in [0.3, 0.4) is 0 Å². The number of carboxylic acid groups (broad SMARTS) is 1. The molecule has 5 heteroatoms. The molecule has 0 atom stereocenters. The minimum absolute atomic E-state index is 0.402. The van der Waals surface area contributed by atoms with Gasteiger partial charge in [-0.25, -0.2) is 4.79 Å². The van der Waals surface area contributed by atoms with Gasteiger partial charge in [-0.05, 0) is 47.4 Å². The smallest absolute Gasteiger partial charge is 0.407 e. The second kappa shape index (κ2) is 6.41. The van der Waals surface area contributed by atoms with Gasteiger partial charge >= 0.3 is 6.09 Å². The van der Waals surface area contributed by atoms with Crippen molar-refractivity contribution in [2.24, 2.45) is 0 Å². The molecule has 0 aliphatic carbocycles. The van der Waals surface area contributed by atoms with Crippen molar-refractivity contribution in [3.63, 3.8) is 0 Å². The second-order valence-electron chi connectivity index (χ2n) is 5.48. The Morgan fingerprint density at radius 1 is 1.22 bits per heavy atom. The first-order valence-corrected chi connectivity index (χ1v) is 7.37. The van der Waals surface area contributed by atoms with E-state index in [1.54, 1.807) is 12.1 Å². The van der Waals surface area contributed by atoms with E-state index >= 15 is 0 Å². The van der Waals surface area contributed by atoms with Crippen molar-refractivity contribution in [3.05, 3.63) is 64.7 Å². The van der Waals surface area contributed by atoms with Gasteiger partial charge < -0.3 is 14.7 Å². The van der Waals surface area contributed by atoms with Gasteiger partial charge in [0.25, 0.3) is 0 Å². The number of nitrogens with zero attached hydrogens (tertiary/aromatic N) is 2. The summed E-state index contributed by atoms with van der Waals surface area (Å²) in [6, 6.07) is 15.2. The van der Waals surface area contributed by atoms with Crippen LogP contribution in [0.25, 0.3) is 0 Å². The van der Waals surface area contributed by atoms with Crippen molar-refractivity contribution in [3.8, 4) is 11.8 Å². The van der Waals surface area contributed by atoms with Gasteiger partial charge in [0, 0.05) is 13.1 Å². The summed E-state index contributed by atoms with van der Waals surface area (Å²) in [7, 11) is 0. The Morgan fingerprint density at radius 3 is 2.70 bits per heavy atom. The number of benzene rings is 2. The molecule has 0 aromatic heterocycles. The zero-order chi connectivity index (χ0) is 16.2. The quantitative estimate of drug-likeness (QED) is 0.945. The predicted octanol–water partition coefficient (Wildman–Crippen LogP) is 3.17. The van der Waals surface area contributed by atoms with Crippen LogP contribution in [0.2, 0.25) is 0 Å². The molecule has 0 spiro atoms. The molecule has 0 saturated carbocycles. The standard InChI is InChI=1S/C18H16N2O3/c19-10-13-1-3-14(4-2-13)12-23-17-6-5-15-7-8-20(18(21)22)11-16(15)9-17/h1-6,9H,7-8,11-12H2,(H,21,22). The average molecular weight is 308 g/mol. The maximum atomic E-state index is 11.1. The van der Waals surface area contributed by atoms with Crippen LogP contribution in [0.15, 0.2) is 42.5 Å². The van der Waals surface area contributed by atoms with Crippen LogP contribution in [-0.2, 0) is 19.6 Å². The summed E-state index contributed by atoms with van der Waals surface area (Å²) in [5.74, 6) is 0.723. The van der Waals surface area contributed by atoms with Gasteiger partial charge in [-0.2, -0.15) is 5.26 Å². The minimum atomic E-state index is -0.889. The Morgan fingerprint density at radius 2 is 2.00 bits per heavy atom. The molecule has 23 heavy (non-hydrogen) atoms. The molecule has 1 amide bonds. The van der Waals surface area contributed by atoms with Crippen molar-refractivity contribution < 1.29 is 14.6 Å². The lowest BCUT2D eigenvalue weighted by Crippen LogP contribution is -2.34. The van der Waals surface area contributed by atoms with Crippen LogP contribution in [0.5, 0.6) is 5.75 Å². The van der Waals surface area contributed by atoms with E-state index in [2.05, 4.69) is 6.07 Å². The summed E-state index contributed by atoms with van der Waals surface area (Å²) in [5.41, 5.74) is 3.77. The first-order valence-electron chi connectivity index (χ1n) is 7.37. The number of hydrogen-bond donors (Lipinski definition) is 1. The van der Waals surface area contributed by atoms with Crippen molar-refractivity contribution >= 4 is 6.09 Å². The molecule has 5 nitrogen and oxygen atoms in total. The van der Waals surface area contributed by atoms with Gasteiger partial charge in [0.15, 0.2) is 0 Å². The molecule has 1 N–H and O–H groups in total. The van der Waals surface area contributed by atoms with E-state index in [9.17, 15) is 4.79 Å². The molecular weight excluding hydrogens is 292 g/mol. The fourth-order valence-electron chi connectivity index (χ4n) is 2.63. The molecule has 2 aromatic carbocycles. The maximum absolute atomic E-state index is 11.1. The van der Waals surface area contributed by atoms with Crippen molar-refractivity contribution in [1.29, 1.82) is 5.26 Å². The van der Waals surface area contributed by atoms with Gasteiger partial charge in [-0.1, -0.05) is 18.2 Å². The fourth-order valence-corrected chi connectivity index (χ4v) is 2.63. The SMILES string of the molecule is N#Cc1ccc(COc2ccc3c(c2)CN(C(=O)O)CC3)cc1. The van der Waals surface area contributed by atoms with E-state index in [-0.39, 0.29) is 0 Å². The van der Waals surface area contributed by atoms with Crippen LogP contribution in [0.1, 0.15) is 22.3 Å². The number of rotatable bonds is 3. The first-order chi connectivity index (χ1) is 11.2. The summed E-state index contributed by atoms with van der Waals surface area (Å²) in [4.78, 5) is 12.5. The number of fused-ring (bicyclic) bond motifs is 1. The Balaban J connectivity index is 1.68. The number of ether oxygens (including phenoxy) is 1. The van der Waals surface area contributed by atoms with E-state index in [1.165, 1.54) is 10.5 Å². The van der Waals surface area contributed by atoms with Crippen molar-refractivity contribution in [1.82, 2.24) is 4.90 Å². The maximum Gasteiger partial charge on any atom is 0.407 e. The largest absolute Gasteiger partial charge is 0.489 e. The summed E-state index contributed by atoms with van der Waals surface area (Å²) in [5, 5.41) is 17.9. The fraction of sp³-hybridized carbons (Fsp3) is 0.222. The summed E-state index contributed by atoms with van der Waals surface area (Å²) < 4.78 is 5.78. The molecule has 3 rings (SSSR count). The first kappa shape index (κ1) is 14.9. The van der Waals surface area contributed by atoms with Crippen LogP contribution in [0, 0.1) is 11.3 Å². The molecule has 116 valence electrons. The van der Waals surface area contributed by atoms with Crippen LogP contribution in [-0.4, -0.2) is 22.6 Å². The third-order valence-electron chi connectivity index (χ3n) is 3.95. The van der Waals surface area contributed by atoms with E-state index < -0.39 is 6.09 Å². The van der Waals surface area contributed by atoms with E-state index in [0.717, 1.165) is 23.3 Å². The van der Waals surface area contributed by atoms with Gasteiger partial charge in [0.2, 0.25) is 0 Å². The molecular formula is C18H16N2O3. The number of carbonyl (C=O) groups is 1. The molecule has 0 saturated heterocycles. The summed E-state index contributed by atoms with van der Waals surface area (Å²) in [6.45, 7) is 1.35. The van der Waals surface area contributed by atoms with Crippen LogP contribution >= 0.6 is 0 Å². The summed E-state index contributed by atoms with van der Waals surface area (Å²) >= 11 is 0. The highest BCUT2D eigenvalue weighted by Crippen LogP contribution is 2.24. The number of nitriles is 1. The lowest BCUT2D eigenvalue weighted by Gasteiger charge is -2.26. The Kier molecular flexibility index (Phi) is 4.15. The van der Waals surface area contributed by atoms with E-state index in [0.29, 0.717) is 25.3 Å². The van der Waals surface area contributed by atoms with Gasteiger partial charge in [-0.15, -0.1) is 0 Å². The molecule has 0 bridgehead atoms. The van der Waals surface area contributed by atoms with Gasteiger partial charge in [-0.3, -0.25) is 0 Å². The van der Waals surface area contributed by atoms with Gasteiger partial charge in [0.05, 0.1) is 11.6 Å². The Hall–Kier alpha value is -3.00. The third kappa shape index (κ3) is 3.43. The lowest BCUT2D eigenvalue weighted by atomic mass is 10.00. The predicted molar refractivity (Wildman–Crippen MR) is 84.1 cm³/mol. The van der Waals surface area contributed by atoms with Gasteiger partial charge in [0.1, 0.15) is 12.4 Å². The third-order valence-corrected chi connectivity index (χ3v) is 3.95. The molecule has 0 radical (unpaired) electrons. The van der Waals surface area contributed by atoms with E-state index in [1.807, 2.05) is 30.3 Å². The van der Waals surface area contributed by atoms with Crippen LogP contribution in [0.4, 0.5) is 4.79 Å². The summed E-state index contributed by atoms with van der Waals surface area (Å²) in [6.07, 6.45) is -0.156. The number of amides is 1. The average Bonchev–Trinajstić information content (AvgIpc) is 2.59. The van der Waals surface area contributed by atoms with Crippen molar-refractivity contribution in [2.75, 3.05) is 6.54 Å². The van der Waals surface area contributed by atoms with Crippen LogP contribution < -0.4 is 4.74 Å². The topological polar surface area (TPSA) is 73.6 Å². The normalized spacial score (nSPS) is 13.1. The molecule has 0 unspecified atom stereocenters. The second-order valence-corrected chi connectivity index (χ2v) is 5.48. The molecule has 0 fully saturated rings. The zero-order valence-corrected chi connectivity index (χ0v) is 12.5. The Labute approximate surface area is 134 Å².